The molecule has 2 N–H and O–H groups in total. The molecular formula is C24H23ClN2O2. The molecule has 0 radical (unpaired) electrons. The Kier molecular flexibility index (Phi) is 7.42. The first-order valence-electron chi connectivity index (χ1n) is 9.54. The number of halogens is 1. The molecule has 5 heteroatoms. The van der Waals surface area contributed by atoms with Crippen LogP contribution in [0.5, 0.6) is 0 Å². The molecule has 0 aliphatic heterocycles. The first-order chi connectivity index (χ1) is 14.1. The minimum Gasteiger partial charge on any atom is -0.356 e. The van der Waals surface area contributed by atoms with Crippen LogP contribution in [-0.4, -0.2) is 18.4 Å². The van der Waals surface area contributed by atoms with E-state index in [0.29, 0.717) is 17.1 Å². The number of nitrogens with one attached hydrogen (secondary N) is 2. The van der Waals surface area contributed by atoms with E-state index < -0.39 is 6.04 Å². The highest BCUT2D eigenvalue weighted by atomic mass is 35.5. The van der Waals surface area contributed by atoms with Crippen LogP contribution in [0.25, 0.3) is 0 Å². The lowest BCUT2D eigenvalue weighted by Gasteiger charge is -2.19. The molecule has 0 saturated carbocycles. The number of carbonyl (C=O) groups is 2. The van der Waals surface area contributed by atoms with Gasteiger partial charge in [-0.2, -0.15) is 0 Å². The maximum atomic E-state index is 12.6. The minimum absolute atomic E-state index is 0.110. The monoisotopic (exact) mass is 406 g/mol. The largest absolute Gasteiger partial charge is 0.356 e. The van der Waals surface area contributed by atoms with Gasteiger partial charge in [-0.05, 0) is 41.8 Å². The third kappa shape index (κ3) is 6.47. The number of rotatable bonds is 8. The predicted octanol–water partition coefficient (Wildman–Crippen LogP) is 4.56. The topological polar surface area (TPSA) is 58.2 Å². The van der Waals surface area contributed by atoms with E-state index in [4.69, 9.17) is 11.6 Å². The fourth-order valence-corrected chi connectivity index (χ4v) is 3.15. The number of amides is 2. The molecule has 3 aromatic carbocycles. The van der Waals surface area contributed by atoms with E-state index in [1.807, 2.05) is 72.8 Å². The second-order valence-corrected chi connectivity index (χ2v) is 7.17. The molecule has 3 aromatic rings. The Bertz CT molecular complexity index is 928. The third-order valence-electron chi connectivity index (χ3n) is 4.58. The van der Waals surface area contributed by atoms with E-state index in [2.05, 4.69) is 10.6 Å². The van der Waals surface area contributed by atoms with E-state index in [0.717, 1.165) is 17.5 Å². The van der Waals surface area contributed by atoms with Gasteiger partial charge in [0.15, 0.2) is 0 Å². The fraction of sp³-hybridized carbons (Fsp3) is 0.167. The molecule has 1 unspecified atom stereocenters. The Balaban J connectivity index is 1.59. The average molecular weight is 407 g/mol. The lowest BCUT2D eigenvalue weighted by atomic mass is 10.0. The van der Waals surface area contributed by atoms with Gasteiger partial charge in [-0.3, -0.25) is 9.59 Å². The Morgan fingerprint density at radius 1 is 0.828 bits per heavy atom. The first-order valence-corrected chi connectivity index (χ1v) is 9.91. The van der Waals surface area contributed by atoms with Crippen LogP contribution in [0.3, 0.4) is 0 Å². The van der Waals surface area contributed by atoms with Crippen molar-refractivity contribution in [3.63, 3.8) is 0 Å². The normalized spacial score (nSPS) is 11.5. The zero-order valence-corrected chi connectivity index (χ0v) is 16.7. The lowest BCUT2D eigenvalue weighted by molar-refractivity contribution is -0.121. The van der Waals surface area contributed by atoms with Gasteiger partial charge < -0.3 is 10.6 Å². The Morgan fingerprint density at radius 3 is 2.10 bits per heavy atom. The van der Waals surface area contributed by atoms with Gasteiger partial charge in [0, 0.05) is 17.1 Å². The number of hydrogen-bond donors (Lipinski definition) is 2. The predicted molar refractivity (Wildman–Crippen MR) is 116 cm³/mol. The maximum Gasteiger partial charge on any atom is 0.251 e. The molecule has 3 rings (SSSR count). The van der Waals surface area contributed by atoms with Crippen LogP contribution < -0.4 is 10.6 Å². The van der Waals surface area contributed by atoms with Gasteiger partial charge >= 0.3 is 0 Å². The van der Waals surface area contributed by atoms with Gasteiger partial charge in [0.25, 0.3) is 5.91 Å². The van der Waals surface area contributed by atoms with Gasteiger partial charge in [0.05, 0.1) is 12.5 Å². The van der Waals surface area contributed by atoms with Crippen molar-refractivity contribution in [1.82, 2.24) is 10.6 Å². The van der Waals surface area contributed by atoms with Crippen molar-refractivity contribution in [2.24, 2.45) is 0 Å². The third-order valence-corrected chi connectivity index (χ3v) is 4.83. The van der Waals surface area contributed by atoms with Gasteiger partial charge in [-0.25, -0.2) is 0 Å². The number of benzene rings is 3. The zero-order chi connectivity index (χ0) is 20.5. The van der Waals surface area contributed by atoms with Crippen LogP contribution in [0.4, 0.5) is 0 Å². The first kappa shape index (κ1) is 20.6. The highest BCUT2D eigenvalue weighted by molar-refractivity contribution is 6.30. The van der Waals surface area contributed by atoms with Crippen molar-refractivity contribution in [3.05, 3.63) is 107 Å². The summed E-state index contributed by atoms with van der Waals surface area (Å²) in [6, 6.07) is 25.7. The van der Waals surface area contributed by atoms with Crippen LogP contribution in [-0.2, 0) is 11.2 Å². The summed E-state index contributed by atoms with van der Waals surface area (Å²) >= 11 is 5.89. The van der Waals surface area contributed by atoms with Crippen LogP contribution >= 0.6 is 11.6 Å². The molecule has 0 aromatic heterocycles. The number of carbonyl (C=O) groups excluding carboxylic acids is 2. The summed E-state index contributed by atoms with van der Waals surface area (Å²) < 4.78 is 0. The molecule has 29 heavy (non-hydrogen) atoms. The van der Waals surface area contributed by atoms with Crippen molar-refractivity contribution in [3.8, 4) is 0 Å². The molecule has 0 bridgehead atoms. The van der Waals surface area contributed by atoms with Crippen LogP contribution in [0.2, 0.25) is 5.02 Å². The van der Waals surface area contributed by atoms with E-state index in [1.54, 1.807) is 12.1 Å². The summed E-state index contributed by atoms with van der Waals surface area (Å²) in [4.78, 5) is 25.1. The second kappa shape index (κ2) is 10.4. The van der Waals surface area contributed by atoms with E-state index in [-0.39, 0.29) is 18.2 Å². The van der Waals surface area contributed by atoms with Crippen molar-refractivity contribution in [2.45, 2.75) is 18.9 Å². The summed E-state index contributed by atoms with van der Waals surface area (Å²) in [6.45, 7) is 0.522. The Hall–Kier alpha value is -3.11. The molecule has 0 heterocycles. The lowest BCUT2D eigenvalue weighted by Crippen LogP contribution is -2.34. The van der Waals surface area contributed by atoms with Crippen LogP contribution in [0.15, 0.2) is 84.9 Å². The molecular weight excluding hydrogens is 384 g/mol. The van der Waals surface area contributed by atoms with Gasteiger partial charge in [0.1, 0.15) is 0 Å². The molecule has 2 amide bonds. The second-order valence-electron chi connectivity index (χ2n) is 6.73. The zero-order valence-electron chi connectivity index (χ0n) is 16.0. The summed E-state index contributed by atoms with van der Waals surface area (Å²) in [5.41, 5.74) is 2.56. The van der Waals surface area contributed by atoms with Crippen LogP contribution in [0.1, 0.15) is 33.9 Å². The summed E-state index contributed by atoms with van der Waals surface area (Å²) in [6.07, 6.45) is 0.887. The molecule has 0 aliphatic carbocycles. The quantitative estimate of drug-likeness (QED) is 0.576. The summed E-state index contributed by atoms with van der Waals surface area (Å²) in [5, 5.41) is 6.61. The maximum absolute atomic E-state index is 12.6. The standard InChI is InChI=1S/C24H23ClN2O2/c25-21-13-11-18(12-14-21)15-16-26-23(28)17-22(19-7-3-1-4-8-19)27-24(29)20-9-5-2-6-10-20/h1-14,22H,15-17H2,(H,26,28)(H,27,29). The molecule has 148 valence electrons. The Labute approximate surface area is 175 Å². The highest BCUT2D eigenvalue weighted by Gasteiger charge is 2.19. The smallest absolute Gasteiger partial charge is 0.251 e. The molecule has 4 nitrogen and oxygen atoms in total. The fourth-order valence-electron chi connectivity index (χ4n) is 3.02. The van der Waals surface area contributed by atoms with Crippen LogP contribution in [0, 0.1) is 0 Å². The van der Waals surface area contributed by atoms with Crippen molar-refractivity contribution in [2.75, 3.05) is 6.54 Å². The van der Waals surface area contributed by atoms with Gasteiger partial charge in [-0.1, -0.05) is 72.3 Å². The Morgan fingerprint density at radius 2 is 1.45 bits per heavy atom. The van der Waals surface area contributed by atoms with Gasteiger partial charge in [-0.15, -0.1) is 0 Å². The minimum atomic E-state index is -0.403. The molecule has 0 aliphatic rings. The molecule has 1 atom stereocenters. The molecule has 0 spiro atoms. The van der Waals surface area contributed by atoms with Crippen molar-refractivity contribution < 1.29 is 9.59 Å². The van der Waals surface area contributed by atoms with E-state index in [1.165, 1.54) is 0 Å². The highest BCUT2D eigenvalue weighted by Crippen LogP contribution is 2.17. The molecule has 0 fully saturated rings. The van der Waals surface area contributed by atoms with Crippen molar-refractivity contribution in [1.29, 1.82) is 0 Å². The van der Waals surface area contributed by atoms with E-state index >= 15 is 0 Å². The average Bonchev–Trinajstić information content (AvgIpc) is 2.76. The summed E-state index contributed by atoms with van der Waals surface area (Å²) in [5.74, 6) is -0.311. The SMILES string of the molecule is O=C(CC(NC(=O)c1ccccc1)c1ccccc1)NCCc1ccc(Cl)cc1. The van der Waals surface area contributed by atoms with Gasteiger partial charge in [0.2, 0.25) is 5.91 Å². The summed E-state index contributed by atoms with van der Waals surface area (Å²) in [7, 11) is 0. The van der Waals surface area contributed by atoms with Crippen molar-refractivity contribution >= 4 is 23.4 Å². The molecule has 0 saturated heterocycles. The van der Waals surface area contributed by atoms with E-state index in [9.17, 15) is 9.59 Å². The number of hydrogen-bond acceptors (Lipinski definition) is 2.